The standard InChI is InChI=1S/C11H18N4O/c1-2-16-11-6-10(13-7-14-11)15-9-5-3-4-8(9)12/h6-9H,2-5,12H2,1H3,(H,13,14,15). The first-order valence-electron chi connectivity index (χ1n) is 5.76. The van der Waals surface area contributed by atoms with Crippen LogP contribution >= 0.6 is 0 Å². The SMILES string of the molecule is CCOc1cc(NC2CCCC2N)ncn1. The molecule has 0 spiro atoms. The van der Waals surface area contributed by atoms with Gasteiger partial charge in [0.25, 0.3) is 0 Å². The highest BCUT2D eigenvalue weighted by atomic mass is 16.5. The summed E-state index contributed by atoms with van der Waals surface area (Å²) in [4.78, 5) is 8.18. The molecule has 1 saturated carbocycles. The third-order valence-corrected chi connectivity index (χ3v) is 2.84. The summed E-state index contributed by atoms with van der Waals surface area (Å²) < 4.78 is 5.32. The second-order valence-corrected chi connectivity index (χ2v) is 4.02. The fraction of sp³-hybridized carbons (Fsp3) is 0.636. The Labute approximate surface area is 95.4 Å². The molecule has 1 heterocycles. The van der Waals surface area contributed by atoms with Gasteiger partial charge in [0.15, 0.2) is 0 Å². The molecule has 16 heavy (non-hydrogen) atoms. The van der Waals surface area contributed by atoms with Crippen LogP contribution in [0.1, 0.15) is 26.2 Å². The molecule has 0 aliphatic heterocycles. The lowest BCUT2D eigenvalue weighted by Gasteiger charge is -2.17. The number of anilines is 1. The molecule has 2 rings (SSSR count). The number of nitrogens with zero attached hydrogens (tertiary/aromatic N) is 2. The Bertz CT molecular complexity index is 345. The van der Waals surface area contributed by atoms with E-state index in [2.05, 4.69) is 15.3 Å². The van der Waals surface area contributed by atoms with Crippen LogP contribution in [-0.2, 0) is 0 Å². The highest BCUT2D eigenvalue weighted by Gasteiger charge is 2.23. The summed E-state index contributed by atoms with van der Waals surface area (Å²) in [6, 6.07) is 2.36. The monoisotopic (exact) mass is 222 g/mol. The maximum absolute atomic E-state index is 5.99. The molecule has 1 aliphatic carbocycles. The molecule has 3 N–H and O–H groups in total. The molecule has 0 bridgehead atoms. The van der Waals surface area contributed by atoms with Crippen LogP contribution < -0.4 is 15.8 Å². The molecule has 5 heteroatoms. The van der Waals surface area contributed by atoms with Crippen LogP contribution in [0, 0.1) is 0 Å². The van der Waals surface area contributed by atoms with Gasteiger partial charge in [-0.05, 0) is 26.2 Å². The number of nitrogens with two attached hydrogens (primary N) is 1. The number of hydrogen-bond donors (Lipinski definition) is 2. The van der Waals surface area contributed by atoms with Gasteiger partial charge in [0.05, 0.1) is 6.61 Å². The number of rotatable bonds is 4. The third-order valence-electron chi connectivity index (χ3n) is 2.84. The van der Waals surface area contributed by atoms with Crippen LogP contribution in [-0.4, -0.2) is 28.7 Å². The van der Waals surface area contributed by atoms with Gasteiger partial charge in [0, 0.05) is 18.2 Å². The predicted octanol–water partition coefficient (Wildman–Crippen LogP) is 1.17. The lowest BCUT2D eigenvalue weighted by molar-refractivity contribution is 0.326. The van der Waals surface area contributed by atoms with Crippen LogP contribution in [0.5, 0.6) is 5.88 Å². The summed E-state index contributed by atoms with van der Waals surface area (Å²) in [6.45, 7) is 2.54. The first-order valence-corrected chi connectivity index (χ1v) is 5.76. The predicted molar refractivity (Wildman–Crippen MR) is 62.4 cm³/mol. The van der Waals surface area contributed by atoms with Gasteiger partial charge >= 0.3 is 0 Å². The highest BCUT2D eigenvalue weighted by Crippen LogP contribution is 2.21. The van der Waals surface area contributed by atoms with Crippen LogP contribution in [0.4, 0.5) is 5.82 Å². The van der Waals surface area contributed by atoms with Crippen molar-refractivity contribution in [2.45, 2.75) is 38.3 Å². The molecule has 0 saturated heterocycles. The van der Waals surface area contributed by atoms with Gasteiger partial charge in [-0.2, -0.15) is 0 Å². The van der Waals surface area contributed by atoms with Gasteiger partial charge in [-0.25, -0.2) is 9.97 Å². The zero-order chi connectivity index (χ0) is 11.4. The molecule has 0 amide bonds. The molecule has 88 valence electrons. The van der Waals surface area contributed by atoms with E-state index in [0.717, 1.165) is 18.7 Å². The largest absolute Gasteiger partial charge is 0.478 e. The van der Waals surface area contributed by atoms with Crippen molar-refractivity contribution >= 4 is 5.82 Å². The average Bonchev–Trinajstić information content (AvgIpc) is 2.66. The minimum atomic E-state index is 0.227. The van der Waals surface area contributed by atoms with Crippen molar-refractivity contribution < 1.29 is 4.74 Å². The molecule has 2 atom stereocenters. The summed E-state index contributed by atoms with van der Waals surface area (Å²) in [6.07, 6.45) is 4.88. The molecule has 0 aromatic carbocycles. The topological polar surface area (TPSA) is 73.1 Å². The Morgan fingerprint density at radius 3 is 3.06 bits per heavy atom. The van der Waals surface area contributed by atoms with Gasteiger partial charge in [-0.3, -0.25) is 0 Å². The molecular formula is C11H18N4O. The normalized spacial score (nSPS) is 24.4. The molecule has 0 radical (unpaired) electrons. The van der Waals surface area contributed by atoms with E-state index in [1.807, 2.05) is 13.0 Å². The molecule has 5 nitrogen and oxygen atoms in total. The summed E-state index contributed by atoms with van der Waals surface area (Å²) in [7, 11) is 0. The lowest BCUT2D eigenvalue weighted by atomic mass is 10.2. The molecule has 1 aliphatic rings. The quantitative estimate of drug-likeness (QED) is 0.800. The molecule has 1 fully saturated rings. The van der Waals surface area contributed by atoms with Crippen molar-refractivity contribution in [3.63, 3.8) is 0 Å². The van der Waals surface area contributed by atoms with Crippen molar-refractivity contribution in [1.82, 2.24) is 9.97 Å². The van der Waals surface area contributed by atoms with E-state index in [9.17, 15) is 0 Å². The van der Waals surface area contributed by atoms with Crippen LogP contribution in [0.25, 0.3) is 0 Å². The minimum Gasteiger partial charge on any atom is -0.478 e. The summed E-state index contributed by atoms with van der Waals surface area (Å²) in [5, 5.41) is 3.33. The van der Waals surface area contributed by atoms with E-state index in [-0.39, 0.29) is 6.04 Å². The van der Waals surface area contributed by atoms with Gasteiger partial charge in [0.1, 0.15) is 12.1 Å². The molecule has 2 unspecified atom stereocenters. The lowest BCUT2D eigenvalue weighted by Crippen LogP contribution is -2.35. The highest BCUT2D eigenvalue weighted by molar-refractivity contribution is 5.38. The van der Waals surface area contributed by atoms with E-state index in [0.29, 0.717) is 18.5 Å². The Balaban J connectivity index is 2.00. The van der Waals surface area contributed by atoms with Crippen molar-refractivity contribution in [2.75, 3.05) is 11.9 Å². The van der Waals surface area contributed by atoms with Crippen molar-refractivity contribution in [3.05, 3.63) is 12.4 Å². The first-order chi connectivity index (χ1) is 7.79. The van der Waals surface area contributed by atoms with E-state index in [1.165, 1.54) is 12.7 Å². The number of aromatic nitrogens is 2. The Kier molecular flexibility index (Phi) is 3.56. The van der Waals surface area contributed by atoms with E-state index in [1.54, 1.807) is 0 Å². The van der Waals surface area contributed by atoms with Gasteiger partial charge in [0.2, 0.25) is 5.88 Å². The van der Waals surface area contributed by atoms with Crippen LogP contribution in [0.3, 0.4) is 0 Å². The summed E-state index contributed by atoms with van der Waals surface area (Å²) >= 11 is 0. The van der Waals surface area contributed by atoms with Crippen molar-refractivity contribution in [1.29, 1.82) is 0 Å². The summed E-state index contributed by atoms with van der Waals surface area (Å²) in [5.41, 5.74) is 5.99. The van der Waals surface area contributed by atoms with Gasteiger partial charge in [-0.15, -0.1) is 0 Å². The zero-order valence-corrected chi connectivity index (χ0v) is 9.52. The molecular weight excluding hydrogens is 204 g/mol. The number of ether oxygens (including phenoxy) is 1. The van der Waals surface area contributed by atoms with Gasteiger partial charge in [-0.1, -0.05) is 0 Å². The smallest absolute Gasteiger partial charge is 0.218 e. The fourth-order valence-electron chi connectivity index (χ4n) is 2.00. The second kappa shape index (κ2) is 5.12. The first kappa shape index (κ1) is 11.1. The van der Waals surface area contributed by atoms with Crippen molar-refractivity contribution in [2.24, 2.45) is 5.73 Å². The molecule has 1 aromatic rings. The van der Waals surface area contributed by atoms with Crippen molar-refractivity contribution in [3.8, 4) is 5.88 Å². The maximum atomic E-state index is 5.99. The fourth-order valence-corrected chi connectivity index (χ4v) is 2.00. The maximum Gasteiger partial charge on any atom is 0.218 e. The van der Waals surface area contributed by atoms with Crippen LogP contribution in [0.15, 0.2) is 12.4 Å². The average molecular weight is 222 g/mol. The minimum absolute atomic E-state index is 0.227. The molecule has 1 aromatic heterocycles. The third kappa shape index (κ3) is 2.61. The van der Waals surface area contributed by atoms with Crippen LogP contribution in [0.2, 0.25) is 0 Å². The Morgan fingerprint density at radius 2 is 2.38 bits per heavy atom. The van der Waals surface area contributed by atoms with E-state index >= 15 is 0 Å². The van der Waals surface area contributed by atoms with E-state index < -0.39 is 0 Å². The Morgan fingerprint density at radius 1 is 1.50 bits per heavy atom. The summed E-state index contributed by atoms with van der Waals surface area (Å²) in [5.74, 6) is 1.40. The Hall–Kier alpha value is -1.36. The van der Waals surface area contributed by atoms with E-state index in [4.69, 9.17) is 10.5 Å². The number of nitrogens with one attached hydrogen (secondary N) is 1. The van der Waals surface area contributed by atoms with Gasteiger partial charge < -0.3 is 15.8 Å². The number of hydrogen-bond acceptors (Lipinski definition) is 5. The zero-order valence-electron chi connectivity index (χ0n) is 9.52. The second-order valence-electron chi connectivity index (χ2n) is 4.02.